The summed E-state index contributed by atoms with van der Waals surface area (Å²) < 4.78 is 0. The molecule has 4 rings (SSSR count). The van der Waals surface area contributed by atoms with Gasteiger partial charge in [0.05, 0.1) is 0 Å². The van der Waals surface area contributed by atoms with Gasteiger partial charge in [0.1, 0.15) is 0 Å². The lowest BCUT2D eigenvalue weighted by Gasteiger charge is -2.37. The van der Waals surface area contributed by atoms with Crippen molar-refractivity contribution in [3.8, 4) is 0 Å². The van der Waals surface area contributed by atoms with E-state index in [0.29, 0.717) is 17.9 Å². The molecular formula is C19H20ClN. The number of likely N-dealkylation sites (N-methyl/N-ethyl adjacent to an activating group) is 1. The van der Waals surface area contributed by atoms with Crippen molar-refractivity contribution in [1.29, 1.82) is 0 Å². The first kappa shape index (κ1) is 13.4. The second kappa shape index (κ2) is 5.15. The van der Waals surface area contributed by atoms with Crippen LogP contribution >= 0.6 is 11.6 Å². The molecule has 0 radical (unpaired) electrons. The van der Waals surface area contributed by atoms with Gasteiger partial charge in [-0.3, -0.25) is 0 Å². The summed E-state index contributed by atoms with van der Waals surface area (Å²) in [7, 11) is 2.27. The third-order valence-electron chi connectivity index (χ3n) is 5.35. The van der Waals surface area contributed by atoms with Crippen molar-refractivity contribution in [2.45, 2.75) is 30.7 Å². The molecule has 108 valence electrons. The second-order valence-corrected chi connectivity index (χ2v) is 6.79. The van der Waals surface area contributed by atoms with E-state index < -0.39 is 0 Å². The first-order chi connectivity index (χ1) is 10.3. The van der Waals surface area contributed by atoms with Gasteiger partial charge >= 0.3 is 0 Å². The van der Waals surface area contributed by atoms with E-state index in [4.69, 9.17) is 11.6 Å². The van der Waals surface area contributed by atoms with Crippen molar-refractivity contribution in [1.82, 2.24) is 4.90 Å². The van der Waals surface area contributed by atoms with Gasteiger partial charge in [0, 0.05) is 22.9 Å². The van der Waals surface area contributed by atoms with Crippen molar-refractivity contribution in [3.63, 3.8) is 0 Å². The van der Waals surface area contributed by atoms with Gasteiger partial charge in [-0.05, 0) is 49.2 Å². The molecule has 2 heteroatoms. The highest BCUT2D eigenvalue weighted by molar-refractivity contribution is 6.31. The Hall–Kier alpha value is -1.31. The second-order valence-electron chi connectivity index (χ2n) is 6.38. The Morgan fingerprint density at radius 1 is 0.952 bits per heavy atom. The average molecular weight is 298 g/mol. The van der Waals surface area contributed by atoms with Gasteiger partial charge in [0.25, 0.3) is 0 Å². The molecule has 2 aliphatic rings. The van der Waals surface area contributed by atoms with Crippen molar-refractivity contribution in [3.05, 3.63) is 70.2 Å². The quantitative estimate of drug-likeness (QED) is 0.740. The van der Waals surface area contributed by atoms with Gasteiger partial charge in [-0.15, -0.1) is 0 Å². The van der Waals surface area contributed by atoms with E-state index in [-0.39, 0.29) is 0 Å². The molecule has 0 amide bonds. The Kier molecular flexibility index (Phi) is 3.28. The Morgan fingerprint density at radius 2 is 1.62 bits per heavy atom. The molecule has 1 heterocycles. The number of benzene rings is 2. The number of nitrogens with zero attached hydrogens (tertiary/aromatic N) is 1. The molecule has 0 bridgehead atoms. The minimum absolute atomic E-state index is 0.427. The van der Waals surface area contributed by atoms with E-state index in [0.717, 1.165) is 5.02 Å². The van der Waals surface area contributed by atoms with E-state index in [1.165, 1.54) is 30.5 Å². The fourth-order valence-corrected chi connectivity index (χ4v) is 4.57. The van der Waals surface area contributed by atoms with Gasteiger partial charge in [0.2, 0.25) is 0 Å². The minimum Gasteiger partial charge on any atom is -0.303 e. The molecule has 1 nitrogen and oxygen atoms in total. The zero-order chi connectivity index (χ0) is 14.4. The standard InChI is InChI=1S/C19H20ClN/c1-21-11-10-16-13-6-2-3-7-14(13)17(12-19(16)21)15-8-4-5-9-18(15)20/h2-9,16-17,19H,10-12H2,1H3/t16-,17-,19-/m1/s1. The molecule has 0 unspecified atom stereocenters. The lowest BCUT2D eigenvalue weighted by atomic mass is 9.71. The van der Waals surface area contributed by atoms with E-state index >= 15 is 0 Å². The van der Waals surface area contributed by atoms with Gasteiger partial charge in [-0.2, -0.15) is 0 Å². The zero-order valence-electron chi connectivity index (χ0n) is 12.3. The van der Waals surface area contributed by atoms with Crippen LogP contribution in [0.1, 0.15) is 41.4 Å². The first-order valence-electron chi connectivity index (χ1n) is 7.79. The molecule has 0 saturated carbocycles. The van der Waals surface area contributed by atoms with Crippen LogP contribution in [0.4, 0.5) is 0 Å². The molecule has 0 N–H and O–H groups in total. The molecule has 1 fully saturated rings. The number of hydrogen-bond donors (Lipinski definition) is 0. The summed E-state index contributed by atoms with van der Waals surface area (Å²) in [6, 6.07) is 18.0. The van der Waals surface area contributed by atoms with Crippen LogP contribution < -0.4 is 0 Å². The van der Waals surface area contributed by atoms with Crippen LogP contribution in [0, 0.1) is 0 Å². The molecule has 3 atom stereocenters. The van der Waals surface area contributed by atoms with Gasteiger partial charge in [0.15, 0.2) is 0 Å². The Labute approximate surface area is 131 Å². The summed E-state index contributed by atoms with van der Waals surface area (Å²) in [5, 5.41) is 0.899. The minimum atomic E-state index is 0.427. The molecule has 1 aliphatic heterocycles. The highest BCUT2D eigenvalue weighted by Crippen LogP contribution is 2.48. The van der Waals surface area contributed by atoms with Gasteiger partial charge < -0.3 is 4.90 Å². The van der Waals surface area contributed by atoms with Crippen LogP contribution in [0.3, 0.4) is 0 Å². The number of likely N-dealkylation sites (tertiary alicyclic amines) is 1. The molecule has 0 spiro atoms. The number of rotatable bonds is 1. The number of fused-ring (bicyclic) bond motifs is 3. The monoisotopic (exact) mass is 297 g/mol. The molecule has 1 saturated heterocycles. The molecule has 0 aromatic heterocycles. The van der Waals surface area contributed by atoms with Crippen LogP contribution in [-0.2, 0) is 0 Å². The summed E-state index contributed by atoms with van der Waals surface area (Å²) in [5.74, 6) is 1.13. The molecule has 21 heavy (non-hydrogen) atoms. The normalized spacial score (nSPS) is 28.2. The first-order valence-corrected chi connectivity index (χ1v) is 8.17. The van der Waals surface area contributed by atoms with Crippen LogP contribution in [0.25, 0.3) is 0 Å². The Morgan fingerprint density at radius 3 is 2.38 bits per heavy atom. The Bertz CT molecular complexity index is 666. The van der Waals surface area contributed by atoms with Gasteiger partial charge in [-0.25, -0.2) is 0 Å². The summed E-state index contributed by atoms with van der Waals surface area (Å²) in [6.45, 7) is 1.21. The van der Waals surface area contributed by atoms with E-state index in [2.05, 4.69) is 48.3 Å². The van der Waals surface area contributed by atoms with Crippen LogP contribution in [-0.4, -0.2) is 24.5 Å². The van der Waals surface area contributed by atoms with E-state index in [9.17, 15) is 0 Å². The number of halogens is 1. The zero-order valence-corrected chi connectivity index (χ0v) is 13.1. The third-order valence-corrected chi connectivity index (χ3v) is 5.70. The fraction of sp³-hybridized carbons (Fsp3) is 0.368. The van der Waals surface area contributed by atoms with Crippen molar-refractivity contribution < 1.29 is 0 Å². The maximum absolute atomic E-state index is 6.49. The lowest BCUT2D eigenvalue weighted by molar-refractivity contribution is 0.265. The fourth-order valence-electron chi connectivity index (χ4n) is 4.30. The average Bonchev–Trinajstić information content (AvgIpc) is 2.89. The summed E-state index contributed by atoms with van der Waals surface area (Å²) >= 11 is 6.49. The summed E-state index contributed by atoms with van der Waals surface area (Å²) in [5.41, 5.74) is 4.32. The summed E-state index contributed by atoms with van der Waals surface area (Å²) in [6.07, 6.45) is 2.47. The van der Waals surface area contributed by atoms with Crippen LogP contribution in [0.15, 0.2) is 48.5 Å². The van der Waals surface area contributed by atoms with E-state index in [1.807, 2.05) is 12.1 Å². The smallest absolute Gasteiger partial charge is 0.0444 e. The predicted molar refractivity (Wildman–Crippen MR) is 88.1 cm³/mol. The molecule has 2 aromatic carbocycles. The van der Waals surface area contributed by atoms with Gasteiger partial charge in [-0.1, -0.05) is 54.1 Å². The van der Waals surface area contributed by atoms with Crippen molar-refractivity contribution in [2.24, 2.45) is 0 Å². The van der Waals surface area contributed by atoms with Crippen molar-refractivity contribution >= 4 is 11.6 Å². The predicted octanol–water partition coefficient (Wildman–Crippen LogP) is 4.66. The molecule has 1 aliphatic carbocycles. The topological polar surface area (TPSA) is 3.24 Å². The molecular weight excluding hydrogens is 278 g/mol. The number of hydrogen-bond acceptors (Lipinski definition) is 1. The van der Waals surface area contributed by atoms with Crippen molar-refractivity contribution in [2.75, 3.05) is 13.6 Å². The van der Waals surface area contributed by atoms with Crippen LogP contribution in [0.2, 0.25) is 5.02 Å². The highest BCUT2D eigenvalue weighted by atomic mass is 35.5. The SMILES string of the molecule is CN1CC[C@@H]2c3ccccc3[C@H](c3ccccc3Cl)C[C@H]21. The highest BCUT2D eigenvalue weighted by Gasteiger charge is 2.41. The lowest BCUT2D eigenvalue weighted by Crippen LogP contribution is -2.34. The maximum atomic E-state index is 6.49. The Balaban J connectivity index is 1.85. The largest absolute Gasteiger partial charge is 0.303 e. The van der Waals surface area contributed by atoms with Crippen LogP contribution in [0.5, 0.6) is 0 Å². The third kappa shape index (κ3) is 2.11. The maximum Gasteiger partial charge on any atom is 0.0444 e. The summed E-state index contributed by atoms with van der Waals surface area (Å²) in [4.78, 5) is 2.53. The van der Waals surface area contributed by atoms with E-state index in [1.54, 1.807) is 5.56 Å². The molecule has 2 aromatic rings.